The van der Waals surface area contributed by atoms with Crippen LogP contribution in [-0.2, 0) is 10.0 Å². The zero-order chi connectivity index (χ0) is 11.9. The Bertz CT molecular complexity index is 250. The predicted molar refractivity (Wildman–Crippen MR) is 64.1 cm³/mol. The molecule has 0 aromatic rings. The molecule has 0 radical (unpaired) electrons. The number of nitrogens with one attached hydrogen (secondary N) is 1. The Kier molecular flexibility index (Phi) is 7.13. The number of hydrogen-bond donors (Lipinski definition) is 2. The molecular weight excluding hydrogens is 212 g/mol. The van der Waals surface area contributed by atoms with Gasteiger partial charge in [-0.05, 0) is 31.7 Å². The molecule has 0 aromatic carbocycles. The smallest absolute Gasteiger partial charge is 0.211 e. The molecule has 92 valence electrons. The maximum atomic E-state index is 11.6. The van der Waals surface area contributed by atoms with Gasteiger partial charge in [-0.15, -0.1) is 0 Å². The Morgan fingerprint density at radius 1 is 1.27 bits per heavy atom. The molecule has 0 aliphatic rings. The summed E-state index contributed by atoms with van der Waals surface area (Å²) >= 11 is 0. The van der Waals surface area contributed by atoms with Gasteiger partial charge >= 0.3 is 0 Å². The first-order valence-corrected chi connectivity index (χ1v) is 7.26. The lowest BCUT2D eigenvalue weighted by Gasteiger charge is -2.16. The lowest BCUT2D eigenvalue weighted by Crippen LogP contribution is -2.37. The molecule has 4 nitrogen and oxygen atoms in total. The normalized spacial score (nSPS) is 14.5. The van der Waals surface area contributed by atoms with Crippen LogP contribution < -0.4 is 10.5 Å². The first-order chi connectivity index (χ1) is 6.91. The van der Waals surface area contributed by atoms with Crippen molar-refractivity contribution in [3.05, 3.63) is 0 Å². The highest BCUT2D eigenvalue weighted by Gasteiger charge is 2.16. The van der Waals surface area contributed by atoms with Crippen LogP contribution in [0.15, 0.2) is 0 Å². The maximum Gasteiger partial charge on any atom is 0.211 e. The molecule has 0 fully saturated rings. The molecule has 1 atom stereocenters. The fourth-order valence-corrected chi connectivity index (χ4v) is 2.94. The minimum absolute atomic E-state index is 0.00726. The second-order valence-electron chi connectivity index (χ2n) is 4.30. The molecular formula is C10H24N2O2S. The molecule has 0 amide bonds. The van der Waals surface area contributed by atoms with Gasteiger partial charge in [-0.2, -0.15) is 0 Å². The average molecular weight is 236 g/mol. The monoisotopic (exact) mass is 236 g/mol. The number of hydrogen-bond acceptors (Lipinski definition) is 3. The molecule has 3 N–H and O–H groups in total. The van der Waals surface area contributed by atoms with Crippen LogP contribution in [0.4, 0.5) is 0 Å². The SMILES string of the molecule is CCC(CCN)NS(=O)(=O)CCC(C)C. The molecule has 0 aliphatic heterocycles. The standard InChI is InChI=1S/C10H24N2O2S/c1-4-10(5-7-11)12-15(13,14)8-6-9(2)3/h9-10,12H,4-8,11H2,1-3H3. The Morgan fingerprint density at radius 2 is 1.87 bits per heavy atom. The van der Waals surface area contributed by atoms with Crippen molar-refractivity contribution in [2.75, 3.05) is 12.3 Å². The van der Waals surface area contributed by atoms with Crippen LogP contribution in [0.3, 0.4) is 0 Å². The third kappa shape index (κ3) is 7.76. The molecule has 0 aliphatic carbocycles. The molecule has 0 rings (SSSR count). The van der Waals surface area contributed by atoms with Crippen molar-refractivity contribution in [1.29, 1.82) is 0 Å². The van der Waals surface area contributed by atoms with E-state index in [0.717, 1.165) is 6.42 Å². The summed E-state index contributed by atoms with van der Waals surface area (Å²) in [5, 5.41) is 0. The molecule has 0 aromatic heterocycles. The summed E-state index contributed by atoms with van der Waals surface area (Å²) in [7, 11) is -3.12. The van der Waals surface area contributed by atoms with Crippen molar-refractivity contribution in [2.45, 2.75) is 46.1 Å². The van der Waals surface area contributed by atoms with E-state index < -0.39 is 10.0 Å². The van der Waals surface area contributed by atoms with Crippen LogP contribution in [0, 0.1) is 5.92 Å². The van der Waals surface area contributed by atoms with Crippen molar-refractivity contribution in [2.24, 2.45) is 11.7 Å². The minimum atomic E-state index is -3.12. The highest BCUT2D eigenvalue weighted by Crippen LogP contribution is 2.04. The van der Waals surface area contributed by atoms with Crippen LogP contribution in [0.5, 0.6) is 0 Å². The van der Waals surface area contributed by atoms with Gasteiger partial charge in [-0.25, -0.2) is 13.1 Å². The Hall–Kier alpha value is -0.130. The second kappa shape index (κ2) is 7.19. The van der Waals surface area contributed by atoms with E-state index in [9.17, 15) is 8.42 Å². The van der Waals surface area contributed by atoms with Crippen molar-refractivity contribution < 1.29 is 8.42 Å². The van der Waals surface area contributed by atoms with E-state index in [2.05, 4.69) is 4.72 Å². The van der Waals surface area contributed by atoms with Gasteiger partial charge in [0.2, 0.25) is 10.0 Å². The fourth-order valence-electron chi connectivity index (χ4n) is 1.25. The van der Waals surface area contributed by atoms with Crippen molar-refractivity contribution in [3.63, 3.8) is 0 Å². The maximum absolute atomic E-state index is 11.6. The topological polar surface area (TPSA) is 72.2 Å². The highest BCUT2D eigenvalue weighted by molar-refractivity contribution is 7.89. The minimum Gasteiger partial charge on any atom is -0.330 e. The lowest BCUT2D eigenvalue weighted by molar-refractivity contribution is 0.514. The number of sulfonamides is 1. The van der Waals surface area contributed by atoms with E-state index in [1.165, 1.54) is 0 Å². The third-order valence-corrected chi connectivity index (χ3v) is 3.78. The van der Waals surface area contributed by atoms with Crippen LogP contribution >= 0.6 is 0 Å². The molecule has 5 heteroatoms. The zero-order valence-electron chi connectivity index (χ0n) is 9.99. The molecule has 0 spiro atoms. The Labute approximate surface area is 93.7 Å². The Balaban J connectivity index is 4.10. The summed E-state index contributed by atoms with van der Waals surface area (Å²) in [4.78, 5) is 0. The molecule has 0 heterocycles. The summed E-state index contributed by atoms with van der Waals surface area (Å²) in [6.45, 7) is 6.52. The van der Waals surface area contributed by atoms with Gasteiger partial charge in [0.1, 0.15) is 0 Å². The van der Waals surface area contributed by atoms with Crippen molar-refractivity contribution >= 4 is 10.0 Å². The number of rotatable bonds is 8. The summed E-state index contributed by atoms with van der Waals surface area (Å²) in [5.41, 5.74) is 5.41. The quantitative estimate of drug-likeness (QED) is 0.662. The average Bonchev–Trinajstić information content (AvgIpc) is 2.14. The fraction of sp³-hybridized carbons (Fsp3) is 1.00. The molecule has 1 unspecified atom stereocenters. The zero-order valence-corrected chi connectivity index (χ0v) is 10.8. The van der Waals surface area contributed by atoms with Crippen LogP contribution in [0.2, 0.25) is 0 Å². The van der Waals surface area contributed by atoms with E-state index in [1.54, 1.807) is 0 Å². The van der Waals surface area contributed by atoms with E-state index >= 15 is 0 Å². The van der Waals surface area contributed by atoms with E-state index in [1.807, 2.05) is 20.8 Å². The van der Waals surface area contributed by atoms with Gasteiger partial charge in [-0.3, -0.25) is 0 Å². The molecule has 15 heavy (non-hydrogen) atoms. The Morgan fingerprint density at radius 3 is 2.27 bits per heavy atom. The van der Waals surface area contributed by atoms with Crippen LogP contribution in [0.1, 0.15) is 40.0 Å². The van der Waals surface area contributed by atoms with Gasteiger partial charge in [0.25, 0.3) is 0 Å². The summed E-state index contributed by atoms with van der Waals surface area (Å²) in [6, 6.07) is -0.00726. The largest absolute Gasteiger partial charge is 0.330 e. The van der Waals surface area contributed by atoms with E-state index in [0.29, 0.717) is 25.3 Å². The van der Waals surface area contributed by atoms with Crippen molar-refractivity contribution in [3.8, 4) is 0 Å². The van der Waals surface area contributed by atoms with Gasteiger partial charge in [0.15, 0.2) is 0 Å². The molecule has 0 bridgehead atoms. The summed E-state index contributed by atoms with van der Waals surface area (Å²) < 4.78 is 25.9. The van der Waals surface area contributed by atoms with E-state index in [4.69, 9.17) is 5.73 Å². The van der Waals surface area contributed by atoms with Gasteiger partial charge in [0, 0.05) is 6.04 Å². The lowest BCUT2D eigenvalue weighted by atomic mass is 10.2. The molecule has 0 saturated heterocycles. The van der Waals surface area contributed by atoms with Crippen molar-refractivity contribution in [1.82, 2.24) is 4.72 Å². The second-order valence-corrected chi connectivity index (χ2v) is 6.18. The van der Waals surface area contributed by atoms with E-state index in [-0.39, 0.29) is 11.8 Å². The summed E-state index contributed by atoms with van der Waals surface area (Å²) in [5.74, 6) is 0.627. The molecule has 0 saturated carbocycles. The van der Waals surface area contributed by atoms with Crippen LogP contribution in [-0.4, -0.2) is 26.8 Å². The summed E-state index contributed by atoms with van der Waals surface area (Å²) in [6.07, 6.45) is 2.20. The van der Waals surface area contributed by atoms with Gasteiger partial charge in [-0.1, -0.05) is 20.8 Å². The first-order valence-electron chi connectivity index (χ1n) is 5.61. The highest BCUT2D eigenvalue weighted by atomic mass is 32.2. The predicted octanol–water partition coefficient (Wildman–Crippen LogP) is 1.08. The van der Waals surface area contributed by atoms with Crippen LogP contribution in [0.25, 0.3) is 0 Å². The first kappa shape index (κ1) is 14.9. The van der Waals surface area contributed by atoms with Gasteiger partial charge < -0.3 is 5.73 Å². The third-order valence-electron chi connectivity index (χ3n) is 2.32. The number of nitrogens with two attached hydrogens (primary N) is 1. The van der Waals surface area contributed by atoms with Gasteiger partial charge in [0.05, 0.1) is 5.75 Å².